The molecule has 1 aromatic heterocycles. The van der Waals surface area contributed by atoms with E-state index in [1.807, 2.05) is 19.1 Å². The molecule has 26 heavy (non-hydrogen) atoms. The highest BCUT2D eigenvalue weighted by atomic mass is 35.5. The number of fused-ring (bicyclic) bond motifs is 1. The third-order valence-corrected chi connectivity index (χ3v) is 5.11. The molecule has 3 heterocycles. The topological polar surface area (TPSA) is 82.0 Å². The summed E-state index contributed by atoms with van der Waals surface area (Å²) < 4.78 is 5.79. The van der Waals surface area contributed by atoms with Gasteiger partial charge in [-0.15, -0.1) is 0 Å². The van der Waals surface area contributed by atoms with Crippen LogP contribution in [-0.4, -0.2) is 27.0 Å². The van der Waals surface area contributed by atoms with Crippen LogP contribution in [0.15, 0.2) is 56.5 Å². The Kier molecular flexibility index (Phi) is 4.26. The summed E-state index contributed by atoms with van der Waals surface area (Å²) in [6.45, 7) is 1.97. The van der Waals surface area contributed by atoms with Gasteiger partial charge < -0.3 is 4.42 Å². The van der Waals surface area contributed by atoms with Gasteiger partial charge in [0.05, 0.1) is 5.57 Å². The average Bonchev–Trinajstić information content (AvgIpc) is 3.25. The molecule has 8 heteroatoms. The first-order chi connectivity index (χ1) is 12.5. The fraction of sp³-hybridized carbons (Fsp3) is 0.111. The predicted molar refractivity (Wildman–Crippen MR) is 104 cm³/mol. The highest BCUT2D eigenvalue weighted by molar-refractivity contribution is 8.26. The van der Waals surface area contributed by atoms with Gasteiger partial charge in [-0.05, 0) is 48.5 Å². The van der Waals surface area contributed by atoms with E-state index in [1.165, 1.54) is 22.8 Å². The summed E-state index contributed by atoms with van der Waals surface area (Å²) in [5.41, 5.74) is 0.975. The number of carbonyl (C=O) groups is 1. The average molecular weight is 385 g/mol. The van der Waals surface area contributed by atoms with E-state index in [0.29, 0.717) is 21.7 Å². The van der Waals surface area contributed by atoms with E-state index < -0.39 is 5.91 Å². The number of nitrogens with zero attached hydrogens (tertiary/aromatic N) is 3. The molecule has 130 valence electrons. The van der Waals surface area contributed by atoms with Crippen molar-refractivity contribution in [1.29, 1.82) is 5.41 Å². The van der Waals surface area contributed by atoms with E-state index in [9.17, 15) is 4.79 Å². The van der Waals surface area contributed by atoms with Gasteiger partial charge in [-0.3, -0.25) is 10.2 Å². The summed E-state index contributed by atoms with van der Waals surface area (Å²) in [4.78, 5) is 16.4. The second kappa shape index (κ2) is 6.59. The molecular weight excluding hydrogens is 372 g/mol. The van der Waals surface area contributed by atoms with Crippen molar-refractivity contribution < 1.29 is 9.21 Å². The van der Waals surface area contributed by atoms with Crippen LogP contribution in [-0.2, 0) is 4.79 Å². The fourth-order valence-electron chi connectivity index (χ4n) is 2.54. The molecule has 0 bridgehead atoms. The highest BCUT2D eigenvalue weighted by Gasteiger charge is 2.35. The lowest BCUT2D eigenvalue weighted by Gasteiger charge is -2.19. The first-order valence-corrected chi connectivity index (χ1v) is 9.09. The number of rotatable bonds is 3. The lowest BCUT2D eigenvalue weighted by atomic mass is 10.1. The maximum atomic E-state index is 12.3. The number of hydrazone groups is 1. The van der Waals surface area contributed by atoms with Gasteiger partial charge in [-0.2, -0.15) is 15.1 Å². The van der Waals surface area contributed by atoms with Gasteiger partial charge in [-0.1, -0.05) is 30.7 Å². The number of amidine groups is 2. The predicted octanol–water partition coefficient (Wildman–Crippen LogP) is 4.63. The molecule has 0 spiro atoms. The van der Waals surface area contributed by atoms with Gasteiger partial charge in [-0.25, -0.2) is 0 Å². The van der Waals surface area contributed by atoms with Crippen LogP contribution in [0.3, 0.4) is 0 Å². The van der Waals surface area contributed by atoms with Crippen LogP contribution in [0.25, 0.3) is 17.4 Å². The van der Waals surface area contributed by atoms with E-state index in [1.54, 1.807) is 24.3 Å². The monoisotopic (exact) mass is 384 g/mol. The molecule has 2 aliphatic rings. The Balaban J connectivity index is 1.66. The minimum absolute atomic E-state index is 0.00310. The molecule has 0 aliphatic carbocycles. The van der Waals surface area contributed by atoms with E-state index in [2.05, 4.69) is 10.1 Å². The van der Waals surface area contributed by atoms with E-state index in [-0.39, 0.29) is 11.4 Å². The quantitative estimate of drug-likeness (QED) is 0.782. The second-order valence-corrected chi connectivity index (χ2v) is 7.06. The van der Waals surface area contributed by atoms with Crippen LogP contribution in [0.2, 0.25) is 5.02 Å². The van der Waals surface area contributed by atoms with Crippen molar-refractivity contribution in [1.82, 2.24) is 5.01 Å². The minimum Gasteiger partial charge on any atom is -0.457 e. The molecule has 0 saturated carbocycles. The van der Waals surface area contributed by atoms with Crippen molar-refractivity contribution in [3.05, 3.63) is 52.8 Å². The molecule has 2 aromatic rings. The fourth-order valence-corrected chi connectivity index (χ4v) is 3.56. The SMILES string of the molecule is CCC1=NN2C(=N)C(=Cc3ccc(-c4cccc(Cl)c4)o3)C(=O)N=C2S1. The molecule has 2 aliphatic heterocycles. The van der Waals surface area contributed by atoms with Crippen LogP contribution in [0, 0.1) is 5.41 Å². The smallest absolute Gasteiger partial charge is 0.283 e. The number of benzene rings is 1. The molecular formula is C18H13ClN4O2S. The lowest BCUT2D eigenvalue weighted by Crippen LogP contribution is -2.35. The van der Waals surface area contributed by atoms with Gasteiger partial charge in [0.25, 0.3) is 5.91 Å². The Morgan fingerprint density at radius 1 is 1.35 bits per heavy atom. The standard InChI is InChI=1S/C18H13ClN4O2S/c1-2-15-22-23-16(20)13(17(24)21-18(23)26-15)9-12-6-7-14(25-12)10-4-3-5-11(19)8-10/h3-9,20H,2H2,1H3. The summed E-state index contributed by atoms with van der Waals surface area (Å²) in [5.74, 6) is 0.610. The summed E-state index contributed by atoms with van der Waals surface area (Å²) in [7, 11) is 0. The van der Waals surface area contributed by atoms with Gasteiger partial charge >= 0.3 is 0 Å². The van der Waals surface area contributed by atoms with Crippen molar-refractivity contribution in [2.24, 2.45) is 10.1 Å². The Bertz CT molecular complexity index is 1020. The molecule has 6 nitrogen and oxygen atoms in total. The minimum atomic E-state index is -0.470. The number of carbonyl (C=O) groups excluding carboxylic acids is 1. The molecule has 1 aromatic carbocycles. The third-order valence-electron chi connectivity index (χ3n) is 3.82. The maximum Gasteiger partial charge on any atom is 0.283 e. The summed E-state index contributed by atoms with van der Waals surface area (Å²) in [5, 5.41) is 15.9. The zero-order chi connectivity index (χ0) is 18.3. The number of amides is 1. The number of halogens is 1. The molecule has 0 radical (unpaired) electrons. The first kappa shape index (κ1) is 16.8. The molecule has 0 saturated heterocycles. The second-order valence-electron chi connectivity index (χ2n) is 5.58. The van der Waals surface area contributed by atoms with E-state index in [4.69, 9.17) is 21.4 Å². The number of nitrogens with one attached hydrogen (secondary N) is 1. The van der Waals surface area contributed by atoms with Crippen LogP contribution < -0.4 is 0 Å². The summed E-state index contributed by atoms with van der Waals surface area (Å²) >= 11 is 7.32. The van der Waals surface area contributed by atoms with Crippen LogP contribution in [0.5, 0.6) is 0 Å². The van der Waals surface area contributed by atoms with Crippen LogP contribution >= 0.6 is 23.4 Å². The molecule has 1 amide bonds. The van der Waals surface area contributed by atoms with Gasteiger partial charge in [0.15, 0.2) is 5.84 Å². The molecule has 0 unspecified atom stereocenters. The van der Waals surface area contributed by atoms with Crippen LogP contribution in [0.4, 0.5) is 0 Å². The summed E-state index contributed by atoms with van der Waals surface area (Å²) in [6, 6.07) is 10.8. The van der Waals surface area contributed by atoms with Crippen molar-refractivity contribution in [3.63, 3.8) is 0 Å². The Hall–Kier alpha value is -2.64. The van der Waals surface area contributed by atoms with Crippen LogP contribution in [0.1, 0.15) is 19.1 Å². The lowest BCUT2D eigenvalue weighted by molar-refractivity contribution is -0.114. The molecule has 0 atom stereocenters. The number of aliphatic imine (C=N–C) groups is 1. The normalized spacial score (nSPS) is 18.2. The first-order valence-electron chi connectivity index (χ1n) is 7.90. The molecule has 0 fully saturated rings. The van der Waals surface area contributed by atoms with Gasteiger partial charge in [0.2, 0.25) is 5.17 Å². The number of furan rings is 1. The Morgan fingerprint density at radius 3 is 2.96 bits per heavy atom. The summed E-state index contributed by atoms with van der Waals surface area (Å²) in [6.07, 6.45) is 2.24. The Morgan fingerprint density at radius 2 is 2.19 bits per heavy atom. The van der Waals surface area contributed by atoms with Crippen molar-refractivity contribution >= 4 is 51.4 Å². The maximum absolute atomic E-state index is 12.3. The molecule has 1 N–H and O–H groups in total. The van der Waals surface area contributed by atoms with Crippen molar-refractivity contribution in [2.75, 3.05) is 0 Å². The van der Waals surface area contributed by atoms with Crippen molar-refractivity contribution in [3.8, 4) is 11.3 Å². The number of thioether (sulfide) groups is 1. The van der Waals surface area contributed by atoms with Crippen molar-refractivity contribution in [2.45, 2.75) is 13.3 Å². The van der Waals surface area contributed by atoms with E-state index in [0.717, 1.165) is 17.0 Å². The zero-order valence-corrected chi connectivity index (χ0v) is 15.3. The Labute approximate surface area is 158 Å². The van der Waals surface area contributed by atoms with Gasteiger partial charge in [0, 0.05) is 10.6 Å². The largest absolute Gasteiger partial charge is 0.457 e. The highest BCUT2D eigenvalue weighted by Crippen LogP contribution is 2.30. The number of hydrogen-bond acceptors (Lipinski definition) is 5. The number of hydrogen-bond donors (Lipinski definition) is 1. The molecule has 4 rings (SSSR count). The zero-order valence-electron chi connectivity index (χ0n) is 13.7. The van der Waals surface area contributed by atoms with E-state index >= 15 is 0 Å². The van der Waals surface area contributed by atoms with Gasteiger partial charge in [0.1, 0.15) is 16.6 Å². The third kappa shape index (κ3) is 3.00.